The standard InChI is InChI=1S/C31H31NO4/c1-31(2,3)25-15-13-22(14-16-25)21-11-9-20(10-12-21)17-27(30(35)36-4)32-29(34)26-18-23-7-5-6-8-24(23)19-28(26)33/h5-16,18-19,27,33H,17H2,1-4H3,(H,32,34). The van der Waals surface area contributed by atoms with E-state index in [9.17, 15) is 14.7 Å². The highest BCUT2D eigenvalue weighted by Crippen LogP contribution is 2.27. The van der Waals surface area contributed by atoms with E-state index in [-0.39, 0.29) is 23.1 Å². The number of carbonyl (C=O) groups excluding carboxylic acids is 2. The van der Waals surface area contributed by atoms with E-state index in [1.807, 2.05) is 48.5 Å². The maximum atomic E-state index is 13.0. The van der Waals surface area contributed by atoms with Gasteiger partial charge in [-0.25, -0.2) is 4.79 Å². The quantitative estimate of drug-likeness (QED) is 0.330. The third-order valence-electron chi connectivity index (χ3n) is 6.38. The van der Waals surface area contributed by atoms with E-state index in [0.29, 0.717) is 0 Å². The summed E-state index contributed by atoms with van der Waals surface area (Å²) in [6.45, 7) is 6.57. The first-order valence-corrected chi connectivity index (χ1v) is 12.0. The zero-order valence-corrected chi connectivity index (χ0v) is 21.0. The Labute approximate surface area is 211 Å². The fourth-order valence-corrected chi connectivity index (χ4v) is 4.21. The number of hydrogen-bond donors (Lipinski definition) is 2. The van der Waals surface area contributed by atoms with E-state index in [4.69, 9.17) is 4.74 Å². The fourth-order valence-electron chi connectivity index (χ4n) is 4.21. The third-order valence-corrected chi connectivity index (χ3v) is 6.38. The molecule has 0 bridgehead atoms. The Hall–Kier alpha value is -4.12. The Bertz CT molecular complexity index is 1380. The van der Waals surface area contributed by atoms with Crippen molar-refractivity contribution in [3.63, 3.8) is 0 Å². The van der Waals surface area contributed by atoms with E-state index in [1.54, 1.807) is 12.1 Å². The van der Waals surface area contributed by atoms with E-state index in [0.717, 1.165) is 27.5 Å². The molecule has 1 unspecified atom stereocenters. The predicted molar refractivity (Wildman–Crippen MR) is 143 cm³/mol. The van der Waals surface area contributed by atoms with Crippen LogP contribution in [0.4, 0.5) is 0 Å². The smallest absolute Gasteiger partial charge is 0.328 e. The van der Waals surface area contributed by atoms with Crippen LogP contribution in [-0.4, -0.2) is 30.1 Å². The van der Waals surface area contributed by atoms with Crippen molar-refractivity contribution in [3.8, 4) is 16.9 Å². The number of nitrogens with one attached hydrogen (secondary N) is 1. The third kappa shape index (κ3) is 5.57. The molecule has 0 aliphatic carbocycles. The number of fused-ring (bicyclic) bond motifs is 1. The van der Waals surface area contributed by atoms with Gasteiger partial charge in [-0.2, -0.15) is 0 Å². The molecule has 5 heteroatoms. The maximum Gasteiger partial charge on any atom is 0.328 e. The van der Waals surface area contributed by atoms with Crippen LogP contribution < -0.4 is 5.32 Å². The highest BCUT2D eigenvalue weighted by atomic mass is 16.5. The molecule has 1 amide bonds. The van der Waals surface area contributed by atoms with Crippen molar-refractivity contribution >= 4 is 22.6 Å². The Morgan fingerprint density at radius 2 is 1.42 bits per heavy atom. The zero-order valence-electron chi connectivity index (χ0n) is 21.0. The number of aromatic hydroxyl groups is 1. The predicted octanol–water partition coefficient (Wildman–Crippen LogP) is 6.02. The van der Waals surface area contributed by atoms with Gasteiger partial charge in [-0.15, -0.1) is 0 Å². The van der Waals surface area contributed by atoms with Crippen molar-refractivity contribution in [2.24, 2.45) is 0 Å². The van der Waals surface area contributed by atoms with Gasteiger partial charge in [0.05, 0.1) is 12.7 Å². The fraction of sp³-hybridized carbons (Fsp3) is 0.226. The van der Waals surface area contributed by atoms with Gasteiger partial charge in [0, 0.05) is 6.42 Å². The van der Waals surface area contributed by atoms with Crippen LogP contribution in [-0.2, 0) is 21.4 Å². The summed E-state index contributed by atoms with van der Waals surface area (Å²) in [5.41, 5.74) is 4.54. The van der Waals surface area contributed by atoms with Crippen LogP contribution >= 0.6 is 0 Å². The van der Waals surface area contributed by atoms with Crippen LogP contribution in [0.1, 0.15) is 42.3 Å². The van der Waals surface area contributed by atoms with Crippen LogP contribution in [0.2, 0.25) is 0 Å². The van der Waals surface area contributed by atoms with Crippen LogP contribution in [0.15, 0.2) is 84.9 Å². The molecule has 5 nitrogen and oxygen atoms in total. The second kappa shape index (κ2) is 10.2. The number of carbonyl (C=O) groups is 2. The molecule has 4 aromatic carbocycles. The topological polar surface area (TPSA) is 75.6 Å². The van der Waals surface area contributed by atoms with Crippen molar-refractivity contribution in [3.05, 3.63) is 102 Å². The first-order chi connectivity index (χ1) is 17.2. The minimum atomic E-state index is -0.898. The molecular weight excluding hydrogens is 450 g/mol. The molecule has 0 fully saturated rings. The summed E-state index contributed by atoms with van der Waals surface area (Å²) < 4.78 is 4.94. The van der Waals surface area contributed by atoms with Crippen molar-refractivity contribution in [1.29, 1.82) is 0 Å². The molecule has 0 aromatic heterocycles. The summed E-state index contributed by atoms with van der Waals surface area (Å²) in [6.07, 6.45) is 0.260. The van der Waals surface area contributed by atoms with Crippen molar-refractivity contribution in [2.45, 2.75) is 38.6 Å². The first-order valence-electron chi connectivity index (χ1n) is 12.0. The number of rotatable bonds is 6. The summed E-state index contributed by atoms with van der Waals surface area (Å²) >= 11 is 0. The van der Waals surface area contributed by atoms with Crippen LogP contribution in [0.25, 0.3) is 21.9 Å². The second-order valence-corrected chi connectivity index (χ2v) is 9.99. The Balaban J connectivity index is 1.51. The highest BCUT2D eigenvalue weighted by molar-refractivity contribution is 6.02. The van der Waals surface area contributed by atoms with Gasteiger partial charge >= 0.3 is 5.97 Å². The number of amides is 1. The lowest BCUT2D eigenvalue weighted by atomic mass is 9.86. The minimum Gasteiger partial charge on any atom is -0.507 e. The summed E-state index contributed by atoms with van der Waals surface area (Å²) in [6, 6.07) is 26.1. The molecule has 0 saturated carbocycles. The van der Waals surface area contributed by atoms with Gasteiger partial charge in [0.2, 0.25) is 0 Å². The number of methoxy groups -OCH3 is 1. The number of phenolic OH excluding ortho intramolecular Hbond substituents is 1. The van der Waals surface area contributed by atoms with E-state index >= 15 is 0 Å². The maximum absolute atomic E-state index is 13.0. The summed E-state index contributed by atoms with van der Waals surface area (Å²) in [5.74, 6) is -1.23. The molecular formula is C31H31NO4. The molecule has 184 valence electrons. The zero-order chi connectivity index (χ0) is 25.9. The first kappa shape index (κ1) is 25.0. The molecule has 36 heavy (non-hydrogen) atoms. The minimum absolute atomic E-state index is 0.0966. The van der Waals surface area contributed by atoms with Gasteiger partial charge in [0.15, 0.2) is 0 Å². The molecule has 0 spiro atoms. The molecule has 1 atom stereocenters. The van der Waals surface area contributed by atoms with Crippen molar-refractivity contribution in [2.75, 3.05) is 7.11 Å². The lowest BCUT2D eigenvalue weighted by Gasteiger charge is -2.19. The average Bonchev–Trinajstić information content (AvgIpc) is 2.87. The Morgan fingerprint density at radius 3 is 1.97 bits per heavy atom. The number of esters is 1. The lowest BCUT2D eigenvalue weighted by molar-refractivity contribution is -0.142. The monoisotopic (exact) mass is 481 g/mol. The van der Waals surface area contributed by atoms with Gasteiger partial charge < -0.3 is 15.2 Å². The normalized spacial score (nSPS) is 12.2. The summed E-state index contributed by atoms with van der Waals surface area (Å²) in [7, 11) is 1.29. The van der Waals surface area contributed by atoms with E-state index in [1.165, 1.54) is 12.7 Å². The van der Waals surface area contributed by atoms with Crippen molar-refractivity contribution in [1.82, 2.24) is 5.32 Å². The Morgan fingerprint density at radius 1 is 0.861 bits per heavy atom. The van der Waals surface area contributed by atoms with Gasteiger partial charge in [-0.3, -0.25) is 4.79 Å². The molecule has 4 aromatic rings. The van der Waals surface area contributed by atoms with Gasteiger partial charge in [-0.05, 0) is 50.6 Å². The van der Waals surface area contributed by atoms with Crippen LogP contribution in [0.5, 0.6) is 5.75 Å². The Kier molecular flexibility index (Phi) is 7.11. The summed E-state index contributed by atoms with van der Waals surface area (Å²) in [5, 5.41) is 14.8. The lowest BCUT2D eigenvalue weighted by Crippen LogP contribution is -2.43. The molecule has 0 heterocycles. The van der Waals surface area contributed by atoms with Crippen LogP contribution in [0, 0.1) is 0 Å². The van der Waals surface area contributed by atoms with Gasteiger partial charge in [0.1, 0.15) is 11.8 Å². The van der Waals surface area contributed by atoms with E-state index in [2.05, 4.69) is 50.4 Å². The summed E-state index contributed by atoms with van der Waals surface area (Å²) in [4.78, 5) is 25.5. The molecule has 0 aliphatic rings. The average molecular weight is 482 g/mol. The molecule has 0 aliphatic heterocycles. The van der Waals surface area contributed by atoms with Gasteiger partial charge in [0.25, 0.3) is 5.91 Å². The number of benzene rings is 4. The molecule has 0 radical (unpaired) electrons. The molecule has 2 N–H and O–H groups in total. The number of ether oxygens (including phenoxy) is 1. The van der Waals surface area contributed by atoms with Crippen LogP contribution in [0.3, 0.4) is 0 Å². The van der Waals surface area contributed by atoms with Crippen molar-refractivity contribution < 1.29 is 19.4 Å². The molecule has 0 saturated heterocycles. The van der Waals surface area contributed by atoms with Gasteiger partial charge in [-0.1, -0.05) is 93.6 Å². The number of phenols is 1. The second-order valence-electron chi connectivity index (χ2n) is 9.99. The SMILES string of the molecule is COC(=O)C(Cc1ccc(-c2ccc(C(C)(C)C)cc2)cc1)NC(=O)c1cc2ccccc2cc1O. The largest absolute Gasteiger partial charge is 0.507 e. The number of hydrogen-bond acceptors (Lipinski definition) is 4. The molecule has 4 rings (SSSR count). The van der Waals surface area contributed by atoms with E-state index < -0.39 is 17.9 Å². The highest BCUT2D eigenvalue weighted by Gasteiger charge is 2.24.